The molecule has 6 heteroatoms. The molecular weight excluding hydrogens is 342 g/mol. The number of carbonyl (C=O) groups is 1. The minimum atomic E-state index is -0.0166. The average molecular weight is 367 g/mol. The standard InChI is InChI=1S/C21H25N3O3/c1-16-23-17-8-3-4-9-18(17)24(16)14-7-13-22-21(25)12-15-27-20-11-6-5-10-19(20)26-2/h3-6,8-11H,7,12-15H2,1-2H3,(H,22,25). The van der Waals surface area contributed by atoms with Crippen LogP contribution in [-0.4, -0.2) is 35.7 Å². The Morgan fingerprint density at radius 2 is 1.85 bits per heavy atom. The number of para-hydroxylation sites is 4. The van der Waals surface area contributed by atoms with Gasteiger partial charge in [0.1, 0.15) is 5.82 Å². The molecule has 1 amide bonds. The molecule has 1 N–H and O–H groups in total. The maximum Gasteiger partial charge on any atom is 0.223 e. The van der Waals surface area contributed by atoms with Crippen LogP contribution in [0.15, 0.2) is 48.5 Å². The van der Waals surface area contributed by atoms with E-state index in [0.29, 0.717) is 31.1 Å². The fraction of sp³-hybridized carbons (Fsp3) is 0.333. The number of benzene rings is 2. The van der Waals surface area contributed by atoms with Gasteiger partial charge in [0.15, 0.2) is 11.5 Å². The van der Waals surface area contributed by atoms with E-state index in [1.165, 1.54) is 0 Å². The highest BCUT2D eigenvalue weighted by atomic mass is 16.5. The number of fused-ring (bicyclic) bond motifs is 1. The second-order valence-electron chi connectivity index (χ2n) is 6.25. The van der Waals surface area contributed by atoms with Crippen molar-refractivity contribution >= 4 is 16.9 Å². The van der Waals surface area contributed by atoms with Gasteiger partial charge in [0.2, 0.25) is 5.91 Å². The van der Waals surface area contributed by atoms with Crippen molar-refractivity contribution in [1.82, 2.24) is 14.9 Å². The van der Waals surface area contributed by atoms with Gasteiger partial charge >= 0.3 is 0 Å². The molecule has 1 heterocycles. The molecule has 3 rings (SSSR count). The van der Waals surface area contributed by atoms with Crippen molar-refractivity contribution in [3.05, 3.63) is 54.4 Å². The van der Waals surface area contributed by atoms with Crippen molar-refractivity contribution in [3.8, 4) is 11.5 Å². The van der Waals surface area contributed by atoms with Crippen molar-refractivity contribution in [2.24, 2.45) is 0 Å². The Balaban J connectivity index is 1.39. The average Bonchev–Trinajstić information content (AvgIpc) is 3.01. The van der Waals surface area contributed by atoms with Crippen LogP contribution < -0.4 is 14.8 Å². The first-order chi connectivity index (χ1) is 13.2. The number of hydrogen-bond donors (Lipinski definition) is 1. The first-order valence-corrected chi connectivity index (χ1v) is 9.13. The van der Waals surface area contributed by atoms with Gasteiger partial charge < -0.3 is 19.4 Å². The zero-order chi connectivity index (χ0) is 19.1. The Morgan fingerprint density at radius 1 is 1.11 bits per heavy atom. The molecule has 0 aliphatic heterocycles. The van der Waals surface area contributed by atoms with Crippen molar-refractivity contribution in [1.29, 1.82) is 0 Å². The molecule has 0 saturated carbocycles. The van der Waals surface area contributed by atoms with Crippen molar-refractivity contribution in [3.63, 3.8) is 0 Å². The lowest BCUT2D eigenvalue weighted by atomic mass is 10.3. The molecule has 0 unspecified atom stereocenters. The van der Waals surface area contributed by atoms with Crippen LogP contribution in [-0.2, 0) is 11.3 Å². The van der Waals surface area contributed by atoms with E-state index in [4.69, 9.17) is 9.47 Å². The fourth-order valence-electron chi connectivity index (χ4n) is 3.02. The molecule has 6 nitrogen and oxygen atoms in total. The Labute approximate surface area is 159 Å². The SMILES string of the molecule is COc1ccccc1OCCC(=O)NCCCn1c(C)nc2ccccc21. The van der Waals surface area contributed by atoms with E-state index in [9.17, 15) is 4.79 Å². The minimum absolute atomic E-state index is 0.0166. The van der Waals surface area contributed by atoms with Crippen LogP contribution in [0.4, 0.5) is 0 Å². The molecule has 0 bridgehead atoms. The highest BCUT2D eigenvalue weighted by Crippen LogP contribution is 2.25. The minimum Gasteiger partial charge on any atom is -0.493 e. The normalized spacial score (nSPS) is 10.7. The summed E-state index contributed by atoms with van der Waals surface area (Å²) in [5, 5.41) is 2.94. The lowest BCUT2D eigenvalue weighted by Crippen LogP contribution is -2.26. The summed E-state index contributed by atoms with van der Waals surface area (Å²) < 4.78 is 13.0. The zero-order valence-corrected chi connectivity index (χ0v) is 15.8. The number of rotatable bonds is 9. The largest absolute Gasteiger partial charge is 0.493 e. The highest BCUT2D eigenvalue weighted by Gasteiger charge is 2.07. The Morgan fingerprint density at radius 3 is 2.67 bits per heavy atom. The quantitative estimate of drug-likeness (QED) is 0.589. The number of methoxy groups -OCH3 is 1. The van der Waals surface area contributed by atoms with Crippen LogP contribution in [0, 0.1) is 6.92 Å². The van der Waals surface area contributed by atoms with Gasteiger partial charge in [-0.3, -0.25) is 4.79 Å². The van der Waals surface area contributed by atoms with E-state index in [0.717, 1.165) is 29.8 Å². The van der Waals surface area contributed by atoms with Crippen molar-refractivity contribution in [2.45, 2.75) is 26.3 Å². The zero-order valence-electron chi connectivity index (χ0n) is 15.8. The number of hydrogen-bond acceptors (Lipinski definition) is 4. The third-order valence-electron chi connectivity index (χ3n) is 4.38. The van der Waals surface area contributed by atoms with Crippen LogP contribution in [0.2, 0.25) is 0 Å². The summed E-state index contributed by atoms with van der Waals surface area (Å²) in [6, 6.07) is 15.5. The number of aryl methyl sites for hydroxylation is 2. The predicted molar refractivity (Wildman–Crippen MR) is 105 cm³/mol. The Bertz CT molecular complexity index is 905. The van der Waals surface area contributed by atoms with Crippen LogP contribution in [0.3, 0.4) is 0 Å². The summed E-state index contributed by atoms with van der Waals surface area (Å²) in [6.45, 7) is 3.77. The van der Waals surface area contributed by atoms with Crippen LogP contribution in [0.25, 0.3) is 11.0 Å². The molecule has 0 aliphatic rings. The second-order valence-corrected chi connectivity index (χ2v) is 6.25. The van der Waals surface area contributed by atoms with Crippen molar-refractivity contribution in [2.75, 3.05) is 20.3 Å². The lowest BCUT2D eigenvalue weighted by Gasteiger charge is -2.11. The summed E-state index contributed by atoms with van der Waals surface area (Å²) in [5.41, 5.74) is 2.14. The summed E-state index contributed by atoms with van der Waals surface area (Å²) in [5.74, 6) is 2.29. The van der Waals surface area contributed by atoms with Gasteiger partial charge in [-0.25, -0.2) is 4.98 Å². The van der Waals surface area contributed by atoms with E-state index in [1.54, 1.807) is 7.11 Å². The Hall–Kier alpha value is -3.02. The second kappa shape index (κ2) is 9.07. The van der Waals surface area contributed by atoms with Gasteiger partial charge in [0, 0.05) is 13.1 Å². The first-order valence-electron chi connectivity index (χ1n) is 9.13. The molecule has 27 heavy (non-hydrogen) atoms. The molecule has 2 aromatic carbocycles. The van der Waals surface area contributed by atoms with Gasteiger partial charge in [-0.15, -0.1) is 0 Å². The maximum atomic E-state index is 12.0. The first kappa shape index (κ1) is 18.8. The topological polar surface area (TPSA) is 65.4 Å². The number of carbonyl (C=O) groups excluding carboxylic acids is 1. The van der Waals surface area contributed by atoms with E-state index in [2.05, 4.69) is 20.9 Å². The maximum absolute atomic E-state index is 12.0. The van der Waals surface area contributed by atoms with E-state index in [-0.39, 0.29) is 5.91 Å². The fourth-order valence-corrected chi connectivity index (χ4v) is 3.02. The summed E-state index contributed by atoms with van der Waals surface area (Å²) in [6.07, 6.45) is 1.16. The summed E-state index contributed by atoms with van der Waals surface area (Å²) in [4.78, 5) is 16.5. The number of aromatic nitrogens is 2. The third-order valence-corrected chi connectivity index (χ3v) is 4.38. The predicted octanol–water partition coefficient (Wildman–Crippen LogP) is 3.33. The molecule has 142 valence electrons. The molecule has 1 aromatic heterocycles. The lowest BCUT2D eigenvalue weighted by molar-refractivity contribution is -0.121. The number of nitrogens with one attached hydrogen (secondary N) is 1. The van der Waals surface area contributed by atoms with E-state index < -0.39 is 0 Å². The summed E-state index contributed by atoms with van der Waals surface area (Å²) in [7, 11) is 1.60. The molecule has 0 fully saturated rings. The Kier molecular flexibility index (Phi) is 6.30. The van der Waals surface area contributed by atoms with Crippen molar-refractivity contribution < 1.29 is 14.3 Å². The number of imidazole rings is 1. The third kappa shape index (κ3) is 4.78. The van der Waals surface area contributed by atoms with Crippen LogP contribution >= 0.6 is 0 Å². The molecule has 0 radical (unpaired) electrons. The molecule has 3 aromatic rings. The van der Waals surface area contributed by atoms with E-state index >= 15 is 0 Å². The smallest absolute Gasteiger partial charge is 0.223 e. The van der Waals surface area contributed by atoms with Crippen LogP contribution in [0.1, 0.15) is 18.7 Å². The van der Waals surface area contributed by atoms with Gasteiger partial charge in [0.25, 0.3) is 0 Å². The molecule has 0 aliphatic carbocycles. The van der Waals surface area contributed by atoms with Crippen LogP contribution in [0.5, 0.6) is 11.5 Å². The number of amides is 1. The van der Waals surface area contributed by atoms with Gasteiger partial charge in [-0.05, 0) is 37.6 Å². The molecule has 0 atom stereocenters. The molecule has 0 spiro atoms. The van der Waals surface area contributed by atoms with Gasteiger partial charge in [-0.2, -0.15) is 0 Å². The molecule has 0 saturated heterocycles. The van der Waals surface area contributed by atoms with Gasteiger partial charge in [0.05, 0.1) is 31.2 Å². The van der Waals surface area contributed by atoms with E-state index in [1.807, 2.05) is 49.4 Å². The highest BCUT2D eigenvalue weighted by molar-refractivity contribution is 5.76. The van der Waals surface area contributed by atoms with Gasteiger partial charge in [-0.1, -0.05) is 24.3 Å². The molecular formula is C21H25N3O3. The summed E-state index contributed by atoms with van der Waals surface area (Å²) >= 11 is 0. The number of ether oxygens (including phenoxy) is 2. The monoisotopic (exact) mass is 367 g/mol. The number of nitrogens with zero attached hydrogens (tertiary/aromatic N) is 2.